The van der Waals surface area contributed by atoms with E-state index in [0.29, 0.717) is 38.2 Å². The molecule has 0 saturated carbocycles. The van der Waals surface area contributed by atoms with Gasteiger partial charge in [0.2, 0.25) is 5.91 Å². The van der Waals surface area contributed by atoms with Crippen molar-refractivity contribution in [2.24, 2.45) is 5.92 Å². The Hall–Kier alpha value is -3.55. The monoisotopic (exact) mass is 446 g/mol. The molecule has 0 aliphatic carbocycles. The molecule has 0 spiro atoms. The highest BCUT2D eigenvalue weighted by atomic mass is 16.2. The fraction of sp³-hybridized carbons (Fsp3) is 0.400. The highest BCUT2D eigenvalue weighted by Crippen LogP contribution is 2.22. The minimum absolute atomic E-state index is 0.00367. The lowest BCUT2D eigenvalue weighted by molar-refractivity contribution is -0.126. The molecule has 0 aromatic carbocycles. The number of nitrogens with one attached hydrogen (secondary N) is 2. The van der Waals surface area contributed by atoms with E-state index < -0.39 is 0 Å². The average molecular weight is 447 g/mol. The maximum Gasteiger partial charge on any atom is 0.274 e. The van der Waals surface area contributed by atoms with Crippen LogP contribution in [0.5, 0.6) is 0 Å². The van der Waals surface area contributed by atoms with Gasteiger partial charge in [0, 0.05) is 60.8 Å². The van der Waals surface area contributed by atoms with Gasteiger partial charge in [-0.2, -0.15) is 5.10 Å². The third kappa shape index (κ3) is 5.45. The number of aromatic nitrogens is 4. The number of carbonyl (C=O) groups excluding carboxylic acids is 2. The molecule has 4 rings (SSSR count). The van der Waals surface area contributed by atoms with Crippen LogP contribution in [-0.4, -0.2) is 50.0 Å². The van der Waals surface area contributed by atoms with E-state index in [1.807, 2.05) is 30.5 Å². The average Bonchev–Trinajstić information content (AvgIpc) is 3.33. The van der Waals surface area contributed by atoms with Gasteiger partial charge in [0.25, 0.3) is 5.91 Å². The van der Waals surface area contributed by atoms with Crippen LogP contribution in [-0.2, 0) is 16.8 Å². The third-order valence-electron chi connectivity index (χ3n) is 6.00. The van der Waals surface area contributed by atoms with Crippen LogP contribution >= 0.6 is 0 Å². The second-order valence-corrected chi connectivity index (χ2v) is 9.49. The highest BCUT2D eigenvalue weighted by molar-refractivity contribution is 5.93. The number of H-pyrrole nitrogens is 1. The Morgan fingerprint density at radius 1 is 1.12 bits per heavy atom. The number of rotatable bonds is 5. The number of nitrogens with zero attached hydrogens (tertiary/aromatic N) is 4. The van der Waals surface area contributed by atoms with Crippen LogP contribution in [0, 0.1) is 5.92 Å². The van der Waals surface area contributed by atoms with E-state index >= 15 is 0 Å². The van der Waals surface area contributed by atoms with E-state index in [4.69, 9.17) is 0 Å². The Labute approximate surface area is 193 Å². The van der Waals surface area contributed by atoms with Crippen molar-refractivity contribution in [2.75, 3.05) is 13.1 Å². The Morgan fingerprint density at radius 2 is 1.85 bits per heavy atom. The number of likely N-dealkylation sites (tertiary alicyclic amines) is 1. The lowest BCUT2D eigenvalue weighted by Gasteiger charge is -2.30. The zero-order valence-electron chi connectivity index (χ0n) is 19.3. The van der Waals surface area contributed by atoms with Gasteiger partial charge in [-0.1, -0.05) is 26.8 Å². The zero-order chi connectivity index (χ0) is 23.4. The van der Waals surface area contributed by atoms with Gasteiger partial charge in [0.1, 0.15) is 0 Å². The molecule has 3 aromatic heterocycles. The summed E-state index contributed by atoms with van der Waals surface area (Å²) in [5.41, 5.74) is 4.10. The zero-order valence-corrected chi connectivity index (χ0v) is 19.3. The Morgan fingerprint density at radius 3 is 2.48 bits per heavy atom. The van der Waals surface area contributed by atoms with Crippen molar-refractivity contribution in [1.29, 1.82) is 0 Å². The van der Waals surface area contributed by atoms with Crippen molar-refractivity contribution < 1.29 is 9.59 Å². The number of pyridine rings is 2. The molecule has 0 atom stereocenters. The maximum atomic E-state index is 12.9. The van der Waals surface area contributed by atoms with Crippen molar-refractivity contribution in [1.82, 2.24) is 30.4 Å². The summed E-state index contributed by atoms with van der Waals surface area (Å²) in [6, 6.07) is 9.51. The predicted molar refractivity (Wildman–Crippen MR) is 125 cm³/mol. The molecule has 1 fully saturated rings. The standard InChI is InChI=1S/C25H30N6O2/c1-25(2,3)22-5-4-17(15-27-22)16-28-23(32)19-8-12-31(13-9-19)24(33)21-14-20(29-30-21)18-6-10-26-11-7-18/h4-7,10-11,14-15,19H,8-9,12-13,16H2,1-3H3,(H,28,32)(H,29,30). The van der Waals surface area contributed by atoms with E-state index in [0.717, 1.165) is 22.5 Å². The van der Waals surface area contributed by atoms with Crippen LogP contribution in [0.2, 0.25) is 0 Å². The molecule has 1 aliphatic rings. The first-order valence-corrected chi connectivity index (χ1v) is 11.3. The number of hydrogen-bond donors (Lipinski definition) is 2. The first kappa shape index (κ1) is 22.6. The maximum absolute atomic E-state index is 12.9. The molecule has 2 N–H and O–H groups in total. The molecule has 1 saturated heterocycles. The molecule has 8 nitrogen and oxygen atoms in total. The van der Waals surface area contributed by atoms with Crippen LogP contribution in [0.15, 0.2) is 48.9 Å². The van der Waals surface area contributed by atoms with Gasteiger partial charge in [-0.25, -0.2) is 0 Å². The number of carbonyl (C=O) groups is 2. The molecule has 4 heterocycles. The summed E-state index contributed by atoms with van der Waals surface area (Å²) in [5.74, 6) is -0.181. The molecule has 3 aromatic rings. The summed E-state index contributed by atoms with van der Waals surface area (Å²) >= 11 is 0. The van der Waals surface area contributed by atoms with Crippen molar-refractivity contribution in [3.63, 3.8) is 0 Å². The SMILES string of the molecule is CC(C)(C)c1ccc(CNC(=O)C2CCN(C(=O)c3cc(-c4ccncc4)[nH]n3)CC2)cn1. The fourth-order valence-corrected chi connectivity index (χ4v) is 3.92. The lowest BCUT2D eigenvalue weighted by atomic mass is 9.91. The van der Waals surface area contributed by atoms with E-state index in [-0.39, 0.29) is 23.1 Å². The lowest BCUT2D eigenvalue weighted by Crippen LogP contribution is -2.43. The summed E-state index contributed by atoms with van der Waals surface area (Å²) in [6.07, 6.45) is 6.50. The van der Waals surface area contributed by atoms with Gasteiger partial charge < -0.3 is 10.2 Å². The van der Waals surface area contributed by atoms with Gasteiger partial charge >= 0.3 is 0 Å². The van der Waals surface area contributed by atoms with Crippen molar-refractivity contribution in [3.05, 3.63) is 65.9 Å². The normalized spacial score (nSPS) is 14.8. The van der Waals surface area contributed by atoms with E-state index in [1.165, 1.54) is 0 Å². The van der Waals surface area contributed by atoms with Crippen LogP contribution in [0.4, 0.5) is 0 Å². The van der Waals surface area contributed by atoms with Crippen LogP contribution in [0.1, 0.15) is 55.4 Å². The second kappa shape index (κ2) is 9.52. The van der Waals surface area contributed by atoms with Gasteiger partial charge in [0.05, 0.1) is 5.69 Å². The van der Waals surface area contributed by atoms with Crippen molar-refractivity contribution in [2.45, 2.75) is 45.6 Å². The molecule has 0 bridgehead atoms. The van der Waals surface area contributed by atoms with Gasteiger partial charge in [0.15, 0.2) is 5.69 Å². The van der Waals surface area contributed by atoms with Crippen LogP contribution in [0.3, 0.4) is 0 Å². The highest BCUT2D eigenvalue weighted by Gasteiger charge is 2.28. The number of amides is 2. The molecule has 8 heteroatoms. The first-order chi connectivity index (χ1) is 15.8. The van der Waals surface area contributed by atoms with E-state index in [1.54, 1.807) is 23.4 Å². The summed E-state index contributed by atoms with van der Waals surface area (Å²) in [4.78, 5) is 35.8. The molecule has 33 heavy (non-hydrogen) atoms. The Balaban J connectivity index is 1.26. The molecule has 2 amide bonds. The molecule has 172 valence electrons. The minimum Gasteiger partial charge on any atom is -0.352 e. The quantitative estimate of drug-likeness (QED) is 0.626. The minimum atomic E-state index is -0.115. The number of aromatic amines is 1. The fourth-order valence-electron chi connectivity index (χ4n) is 3.92. The van der Waals surface area contributed by atoms with E-state index in [2.05, 4.69) is 46.3 Å². The topological polar surface area (TPSA) is 104 Å². The van der Waals surface area contributed by atoms with Gasteiger partial charge in [-0.05, 0) is 42.7 Å². The predicted octanol–water partition coefficient (Wildman–Crippen LogP) is 3.33. The molecule has 1 aliphatic heterocycles. The summed E-state index contributed by atoms with van der Waals surface area (Å²) < 4.78 is 0. The molecular weight excluding hydrogens is 416 g/mol. The second-order valence-electron chi connectivity index (χ2n) is 9.49. The van der Waals surface area contributed by atoms with Crippen LogP contribution < -0.4 is 5.32 Å². The number of piperidine rings is 1. The largest absolute Gasteiger partial charge is 0.352 e. The summed E-state index contributed by atoms with van der Waals surface area (Å²) in [6.45, 7) is 7.91. The Kier molecular flexibility index (Phi) is 6.53. The smallest absolute Gasteiger partial charge is 0.274 e. The van der Waals surface area contributed by atoms with E-state index in [9.17, 15) is 9.59 Å². The summed E-state index contributed by atoms with van der Waals surface area (Å²) in [7, 11) is 0. The number of hydrogen-bond acceptors (Lipinski definition) is 5. The molecule has 0 radical (unpaired) electrons. The molecular formula is C25H30N6O2. The van der Waals surface area contributed by atoms with Crippen LogP contribution in [0.25, 0.3) is 11.3 Å². The van der Waals surface area contributed by atoms with Gasteiger partial charge in [-0.3, -0.25) is 24.7 Å². The third-order valence-corrected chi connectivity index (χ3v) is 6.00. The van der Waals surface area contributed by atoms with Crippen molar-refractivity contribution >= 4 is 11.8 Å². The summed E-state index contributed by atoms with van der Waals surface area (Å²) in [5, 5.41) is 10.1. The van der Waals surface area contributed by atoms with Crippen molar-refractivity contribution in [3.8, 4) is 11.3 Å². The molecule has 0 unspecified atom stereocenters. The first-order valence-electron chi connectivity index (χ1n) is 11.3. The Bertz CT molecular complexity index is 1090. The van der Waals surface area contributed by atoms with Gasteiger partial charge in [-0.15, -0.1) is 0 Å².